The fourth-order valence-electron chi connectivity index (χ4n) is 2.54. The van der Waals surface area contributed by atoms with E-state index in [0.717, 1.165) is 19.3 Å². The van der Waals surface area contributed by atoms with Gasteiger partial charge in [0.05, 0.1) is 15.7 Å². The van der Waals surface area contributed by atoms with Crippen molar-refractivity contribution in [1.82, 2.24) is 5.32 Å². The minimum absolute atomic E-state index is 0.0619. The number of carbonyl (C=O) groups is 2. The molecule has 2 amide bonds. The maximum atomic E-state index is 12.0. The molecule has 2 atom stereocenters. The summed E-state index contributed by atoms with van der Waals surface area (Å²) in [6.07, 6.45) is 4.25. The van der Waals surface area contributed by atoms with Gasteiger partial charge in [-0.05, 0) is 30.9 Å². The Hall–Kier alpha value is -1.26. The number of anilines is 1. The molecule has 114 valence electrons. The molecule has 0 spiro atoms. The van der Waals surface area contributed by atoms with Gasteiger partial charge in [-0.25, -0.2) is 0 Å². The predicted octanol–water partition coefficient (Wildman–Crippen LogP) is 3.63. The van der Waals surface area contributed by atoms with Crippen LogP contribution in [-0.4, -0.2) is 17.9 Å². The van der Waals surface area contributed by atoms with Crippen LogP contribution in [0.4, 0.5) is 5.69 Å². The molecule has 4 nitrogen and oxygen atoms in total. The van der Waals surface area contributed by atoms with E-state index in [2.05, 4.69) is 17.6 Å². The summed E-state index contributed by atoms with van der Waals surface area (Å²) in [5.41, 5.74) is 0.334. The lowest BCUT2D eigenvalue weighted by atomic mass is 9.86. The Balaban J connectivity index is 1.96. The Kier molecular flexibility index (Phi) is 5.48. The van der Waals surface area contributed by atoms with Gasteiger partial charge in [-0.1, -0.05) is 49.0 Å². The Morgan fingerprint density at radius 1 is 1.14 bits per heavy atom. The van der Waals surface area contributed by atoms with E-state index in [4.69, 9.17) is 23.2 Å². The Bertz CT molecular complexity index is 548. The highest BCUT2D eigenvalue weighted by molar-refractivity contribution is 6.45. The third-order valence-corrected chi connectivity index (χ3v) is 4.65. The number of benzene rings is 1. The Morgan fingerprint density at radius 2 is 1.86 bits per heavy atom. The molecule has 1 aromatic carbocycles. The molecule has 1 saturated carbocycles. The minimum Gasteiger partial charge on any atom is -0.345 e. The van der Waals surface area contributed by atoms with Crippen molar-refractivity contribution >= 4 is 40.7 Å². The van der Waals surface area contributed by atoms with Gasteiger partial charge in [0.2, 0.25) is 0 Å². The van der Waals surface area contributed by atoms with Crippen molar-refractivity contribution in [3.8, 4) is 0 Å². The molecule has 0 saturated heterocycles. The molecule has 0 heterocycles. The largest absolute Gasteiger partial charge is 0.345 e. The topological polar surface area (TPSA) is 58.2 Å². The molecule has 0 bridgehead atoms. The Labute approximate surface area is 134 Å². The number of hydrogen-bond donors (Lipinski definition) is 2. The molecular weight excluding hydrogens is 311 g/mol. The summed E-state index contributed by atoms with van der Waals surface area (Å²) in [5, 5.41) is 5.84. The van der Waals surface area contributed by atoms with Gasteiger partial charge in [0.1, 0.15) is 0 Å². The summed E-state index contributed by atoms with van der Waals surface area (Å²) >= 11 is 11.8. The van der Waals surface area contributed by atoms with Crippen molar-refractivity contribution in [2.24, 2.45) is 5.92 Å². The highest BCUT2D eigenvalue weighted by Gasteiger charge is 2.25. The molecule has 0 radical (unpaired) electrons. The first-order valence-electron chi connectivity index (χ1n) is 7.05. The van der Waals surface area contributed by atoms with Crippen molar-refractivity contribution in [1.29, 1.82) is 0 Å². The van der Waals surface area contributed by atoms with E-state index < -0.39 is 11.8 Å². The van der Waals surface area contributed by atoms with Gasteiger partial charge in [-0.3, -0.25) is 9.59 Å². The van der Waals surface area contributed by atoms with E-state index in [1.807, 2.05) is 0 Å². The lowest BCUT2D eigenvalue weighted by Crippen LogP contribution is -2.45. The summed E-state index contributed by atoms with van der Waals surface area (Å²) < 4.78 is 0. The van der Waals surface area contributed by atoms with Crippen LogP contribution < -0.4 is 10.6 Å². The van der Waals surface area contributed by atoms with E-state index >= 15 is 0 Å². The van der Waals surface area contributed by atoms with Crippen LogP contribution in [0.25, 0.3) is 0 Å². The SMILES string of the molecule is C[C@@H]1CCCC[C@H]1NC(=O)C(=O)Nc1cccc(Cl)c1Cl. The molecule has 1 aliphatic rings. The van der Waals surface area contributed by atoms with E-state index in [-0.39, 0.29) is 11.1 Å². The predicted molar refractivity (Wildman–Crippen MR) is 84.7 cm³/mol. The second-order valence-electron chi connectivity index (χ2n) is 5.40. The number of hydrogen-bond acceptors (Lipinski definition) is 2. The second-order valence-corrected chi connectivity index (χ2v) is 6.18. The number of halogens is 2. The maximum absolute atomic E-state index is 12.0. The zero-order valence-electron chi connectivity index (χ0n) is 11.8. The molecule has 2 rings (SSSR count). The number of amides is 2. The molecule has 0 aromatic heterocycles. The average Bonchev–Trinajstić information content (AvgIpc) is 2.46. The van der Waals surface area contributed by atoms with Gasteiger partial charge >= 0.3 is 11.8 Å². The van der Waals surface area contributed by atoms with Crippen molar-refractivity contribution in [2.45, 2.75) is 38.6 Å². The summed E-state index contributed by atoms with van der Waals surface area (Å²) in [4.78, 5) is 23.9. The zero-order valence-corrected chi connectivity index (χ0v) is 13.3. The molecule has 21 heavy (non-hydrogen) atoms. The van der Waals surface area contributed by atoms with Crippen LogP contribution in [0.1, 0.15) is 32.6 Å². The fraction of sp³-hybridized carbons (Fsp3) is 0.467. The highest BCUT2D eigenvalue weighted by atomic mass is 35.5. The van der Waals surface area contributed by atoms with Gasteiger partial charge in [-0.2, -0.15) is 0 Å². The van der Waals surface area contributed by atoms with Gasteiger partial charge in [0.15, 0.2) is 0 Å². The molecule has 0 unspecified atom stereocenters. The van der Waals surface area contributed by atoms with Gasteiger partial charge < -0.3 is 10.6 Å². The van der Waals surface area contributed by atoms with E-state index in [9.17, 15) is 9.59 Å². The Morgan fingerprint density at radius 3 is 2.57 bits per heavy atom. The second kappa shape index (κ2) is 7.14. The summed E-state index contributed by atoms with van der Waals surface area (Å²) in [7, 11) is 0. The van der Waals surface area contributed by atoms with Crippen LogP contribution in [0.2, 0.25) is 10.0 Å². The molecule has 0 aliphatic heterocycles. The first kappa shape index (κ1) is 16.1. The third-order valence-electron chi connectivity index (χ3n) is 3.83. The zero-order chi connectivity index (χ0) is 15.4. The monoisotopic (exact) mass is 328 g/mol. The van der Waals surface area contributed by atoms with Crippen molar-refractivity contribution in [2.75, 3.05) is 5.32 Å². The first-order chi connectivity index (χ1) is 9.99. The summed E-state index contributed by atoms with van der Waals surface area (Å²) in [6, 6.07) is 4.93. The van der Waals surface area contributed by atoms with Crippen molar-refractivity contribution in [3.63, 3.8) is 0 Å². The van der Waals surface area contributed by atoms with Gasteiger partial charge in [-0.15, -0.1) is 0 Å². The summed E-state index contributed by atoms with van der Waals surface area (Å²) in [5.74, 6) is -0.966. The highest BCUT2D eigenvalue weighted by Crippen LogP contribution is 2.29. The fourth-order valence-corrected chi connectivity index (χ4v) is 2.89. The van der Waals surface area contributed by atoms with Crippen LogP contribution in [0, 0.1) is 5.92 Å². The normalized spacial score (nSPS) is 21.7. The van der Waals surface area contributed by atoms with Crippen LogP contribution in [0.3, 0.4) is 0 Å². The van der Waals surface area contributed by atoms with Crippen molar-refractivity contribution in [3.05, 3.63) is 28.2 Å². The molecular formula is C15H18Cl2N2O2. The molecule has 2 N–H and O–H groups in total. The molecule has 1 aromatic rings. The van der Waals surface area contributed by atoms with E-state index in [1.165, 1.54) is 6.42 Å². The molecule has 6 heteroatoms. The number of nitrogens with one attached hydrogen (secondary N) is 2. The first-order valence-corrected chi connectivity index (χ1v) is 7.80. The van der Waals surface area contributed by atoms with Gasteiger partial charge in [0.25, 0.3) is 0 Å². The maximum Gasteiger partial charge on any atom is 0.313 e. The third kappa shape index (κ3) is 4.11. The lowest BCUT2D eigenvalue weighted by molar-refractivity contribution is -0.137. The summed E-state index contributed by atoms with van der Waals surface area (Å²) in [6.45, 7) is 2.09. The minimum atomic E-state index is -0.725. The molecule has 1 fully saturated rings. The van der Waals surface area contributed by atoms with E-state index in [0.29, 0.717) is 16.6 Å². The van der Waals surface area contributed by atoms with Crippen LogP contribution >= 0.6 is 23.2 Å². The smallest absolute Gasteiger partial charge is 0.313 e. The van der Waals surface area contributed by atoms with Gasteiger partial charge in [0, 0.05) is 6.04 Å². The number of carbonyl (C=O) groups excluding carboxylic acids is 2. The molecule has 1 aliphatic carbocycles. The van der Waals surface area contributed by atoms with E-state index in [1.54, 1.807) is 18.2 Å². The van der Waals surface area contributed by atoms with Crippen LogP contribution in [0.15, 0.2) is 18.2 Å². The van der Waals surface area contributed by atoms with Crippen LogP contribution in [0.5, 0.6) is 0 Å². The number of rotatable bonds is 2. The standard InChI is InChI=1S/C15H18Cl2N2O2/c1-9-5-2-3-7-11(9)18-14(20)15(21)19-12-8-4-6-10(16)13(12)17/h4,6,8-9,11H,2-3,5,7H2,1H3,(H,18,20)(H,19,21)/t9-,11-/m1/s1. The quantitative estimate of drug-likeness (QED) is 0.814. The van der Waals surface area contributed by atoms with Crippen LogP contribution in [-0.2, 0) is 9.59 Å². The lowest BCUT2D eigenvalue weighted by Gasteiger charge is -2.29. The average molecular weight is 329 g/mol. The van der Waals surface area contributed by atoms with Crippen molar-refractivity contribution < 1.29 is 9.59 Å².